The molecule has 0 aromatic heterocycles. The maximum absolute atomic E-state index is 13.0. The van der Waals surface area contributed by atoms with Crippen molar-refractivity contribution in [1.82, 2.24) is 10.2 Å². The Bertz CT molecular complexity index is 498. The van der Waals surface area contributed by atoms with Gasteiger partial charge in [0.2, 0.25) is 11.8 Å². The Hall–Kier alpha value is -1.79. The zero-order valence-corrected chi connectivity index (χ0v) is 12.2. The van der Waals surface area contributed by atoms with E-state index >= 15 is 0 Å². The van der Waals surface area contributed by atoms with E-state index in [2.05, 4.69) is 17.4 Å². The molecular formula is C14H22N4O3. The third kappa shape index (κ3) is 1.98. The van der Waals surface area contributed by atoms with E-state index < -0.39 is 5.41 Å². The van der Waals surface area contributed by atoms with E-state index in [1.54, 1.807) is 4.90 Å². The number of carbonyl (C=O) groups is 2. The summed E-state index contributed by atoms with van der Waals surface area (Å²) in [5, 5.41) is 15.0. The summed E-state index contributed by atoms with van der Waals surface area (Å²) in [6.07, 6.45) is 2.86. The Morgan fingerprint density at radius 1 is 1.52 bits per heavy atom. The number of amidine groups is 1. The van der Waals surface area contributed by atoms with Gasteiger partial charge in [-0.2, -0.15) is 0 Å². The van der Waals surface area contributed by atoms with Gasteiger partial charge >= 0.3 is 0 Å². The Morgan fingerprint density at radius 2 is 2.24 bits per heavy atom. The predicted molar refractivity (Wildman–Crippen MR) is 75.5 cm³/mol. The van der Waals surface area contributed by atoms with Crippen molar-refractivity contribution in [3.05, 3.63) is 0 Å². The van der Waals surface area contributed by atoms with Gasteiger partial charge in [0, 0.05) is 13.1 Å². The number of nitrogens with zero attached hydrogens (tertiary/aromatic N) is 2. The highest BCUT2D eigenvalue weighted by Crippen LogP contribution is 2.48. The molecule has 116 valence electrons. The van der Waals surface area contributed by atoms with Crippen molar-refractivity contribution in [2.24, 2.45) is 28.1 Å². The molecule has 2 aliphatic heterocycles. The van der Waals surface area contributed by atoms with Crippen LogP contribution >= 0.6 is 0 Å². The highest BCUT2D eigenvalue weighted by Gasteiger charge is 2.56. The van der Waals surface area contributed by atoms with E-state index in [9.17, 15) is 9.59 Å². The molecule has 2 amide bonds. The number of fused-ring (bicyclic) bond motifs is 1. The lowest BCUT2D eigenvalue weighted by molar-refractivity contribution is -0.149. The minimum Gasteiger partial charge on any atom is -0.409 e. The van der Waals surface area contributed by atoms with Crippen LogP contribution in [0.3, 0.4) is 0 Å². The Morgan fingerprint density at radius 3 is 2.86 bits per heavy atom. The molecule has 2 atom stereocenters. The van der Waals surface area contributed by atoms with Crippen LogP contribution in [0.25, 0.3) is 0 Å². The lowest BCUT2D eigenvalue weighted by atomic mass is 9.60. The first kappa shape index (κ1) is 14.2. The number of piperidine rings is 1. The lowest BCUT2D eigenvalue weighted by Crippen LogP contribution is -2.61. The zero-order valence-electron chi connectivity index (χ0n) is 12.2. The van der Waals surface area contributed by atoms with Crippen LogP contribution in [0, 0.1) is 17.3 Å². The molecule has 3 fully saturated rings. The number of rotatable bonds is 2. The van der Waals surface area contributed by atoms with E-state index in [4.69, 9.17) is 10.9 Å². The van der Waals surface area contributed by atoms with Crippen LogP contribution in [-0.4, -0.2) is 46.9 Å². The zero-order chi connectivity index (χ0) is 15.2. The van der Waals surface area contributed by atoms with E-state index in [1.807, 2.05) is 0 Å². The summed E-state index contributed by atoms with van der Waals surface area (Å²) in [4.78, 5) is 26.6. The smallest absolute Gasteiger partial charge is 0.236 e. The number of hydrogen-bond acceptors (Lipinski definition) is 4. The standard InChI is InChI=1S/C14H22N4O3/c1-8-5-14(6-8,12(15)17-21)13(20)18-4-2-3-9-10(18)7-16-11(9)19/h8-10,21H,2-7H2,1H3,(H2,15,17)(H,16,19). The summed E-state index contributed by atoms with van der Waals surface area (Å²) in [6, 6.07) is -0.0852. The van der Waals surface area contributed by atoms with Gasteiger partial charge in [-0.1, -0.05) is 12.1 Å². The molecule has 0 aromatic carbocycles. The number of hydrogen-bond donors (Lipinski definition) is 3. The molecule has 3 rings (SSSR count). The highest BCUT2D eigenvalue weighted by atomic mass is 16.4. The van der Waals surface area contributed by atoms with Gasteiger partial charge in [-0.05, 0) is 31.6 Å². The van der Waals surface area contributed by atoms with Crippen molar-refractivity contribution < 1.29 is 14.8 Å². The monoisotopic (exact) mass is 294 g/mol. The number of oxime groups is 1. The van der Waals surface area contributed by atoms with Gasteiger partial charge in [0.25, 0.3) is 0 Å². The molecule has 0 radical (unpaired) electrons. The summed E-state index contributed by atoms with van der Waals surface area (Å²) < 4.78 is 0. The van der Waals surface area contributed by atoms with Crippen LogP contribution in [0.5, 0.6) is 0 Å². The Balaban J connectivity index is 1.85. The molecule has 1 aliphatic carbocycles. The normalized spacial score (nSPS) is 39.5. The van der Waals surface area contributed by atoms with Crippen molar-refractivity contribution in [3.63, 3.8) is 0 Å². The SMILES string of the molecule is CC1CC(C(=O)N2CCCC3C(=O)NCC32)(C(N)=NO)C1. The number of amides is 2. The summed E-state index contributed by atoms with van der Waals surface area (Å²) in [5.74, 6) is 0.243. The quantitative estimate of drug-likeness (QED) is 0.286. The summed E-state index contributed by atoms with van der Waals surface area (Å²) in [7, 11) is 0. The molecule has 2 heterocycles. The molecule has 3 aliphatic rings. The fourth-order valence-electron chi connectivity index (χ4n) is 4.20. The van der Waals surface area contributed by atoms with Gasteiger partial charge in [0.1, 0.15) is 5.41 Å². The molecule has 4 N–H and O–H groups in total. The van der Waals surface area contributed by atoms with Crippen molar-refractivity contribution in [2.75, 3.05) is 13.1 Å². The minimum absolute atomic E-state index is 0.00464. The topological polar surface area (TPSA) is 108 Å². The molecule has 1 saturated carbocycles. The molecule has 2 unspecified atom stereocenters. The van der Waals surface area contributed by atoms with E-state index in [-0.39, 0.29) is 29.6 Å². The number of carbonyl (C=O) groups excluding carboxylic acids is 2. The maximum atomic E-state index is 13.0. The van der Waals surface area contributed by atoms with Gasteiger partial charge in [0.05, 0.1) is 12.0 Å². The minimum atomic E-state index is -0.873. The summed E-state index contributed by atoms with van der Waals surface area (Å²) in [5.41, 5.74) is 4.94. The number of likely N-dealkylation sites (tertiary alicyclic amines) is 1. The van der Waals surface area contributed by atoms with Crippen LogP contribution in [-0.2, 0) is 9.59 Å². The van der Waals surface area contributed by atoms with Crippen LogP contribution in [0.1, 0.15) is 32.6 Å². The molecule has 21 heavy (non-hydrogen) atoms. The molecule has 2 saturated heterocycles. The van der Waals surface area contributed by atoms with Gasteiger partial charge in [-0.15, -0.1) is 0 Å². The van der Waals surface area contributed by atoms with Crippen molar-refractivity contribution in [3.8, 4) is 0 Å². The third-order valence-corrected chi connectivity index (χ3v) is 5.26. The first-order valence-electron chi connectivity index (χ1n) is 7.56. The maximum Gasteiger partial charge on any atom is 0.236 e. The second kappa shape index (κ2) is 4.89. The van der Waals surface area contributed by atoms with Crippen LogP contribution in [0.15, 0.2) is 5.16 Å². The largest absolute Gasteiger partial charge is 0.409 e. The van der Waals surface area contributed by atoms with E-state index in [0.717, 1.165) is 12.8 Å². The molecule has 7 heteroatoms. The predicted octanol–water partition coefficient (Wildman–Crippen LogP) is -0.114. The lowest BCUT2D eigenvalue weighted by Gasteiger charge is -2.48. The number of nitrogens with one attached hydrogen (secondary N) is 1. The van der Waals surface area contributed by atoms with Crippen LogP contribution in [0.4, 0.5) is 0 Å². The second-order valence-corrected chi connectivity index (χ2v) is 6.64. The van der Waals surface area contributed by atoms with E-state index in [0.29, 0.717) is 31.8 Å². The summed E-state index contributed by atoms with van der Waals surface area (Å²) >= 11 is 0. The number of nitrogens with two attached hydrogens (primary N) is 1. The van der Waals surface area contributed by atoms with Crippen LogP contribution < -0.4 is 11.1 Å². The summed E-state index contributed by atoms with van der Waals surface area (Å²) in [6.45, 7) is 3.21. The molecule has 7 nitrogen and oxygen atoms in total. The fraction of sp³-hybridized carbons (Fsp3) is 0.786. The van der Waals surface area contributed by atoms with Crippen LogP contribution in [0.2, 0.25) is 0 Å². The first-order chi connectivity index (χ1) is 9.99. The molecule has 0 bridgehead atoms. The van der Waals surface area contributed by atoms with Crippen molar-refractivity contribution in [2.45, 2.75) is 38.6 Å². The van der Waals surface area contributed by atoms with Gasteiger partial charge in [-0.25, -0.2) is 0 Å². The van der Waals surface area contributed by atoms with Gasteiger partial charge in [-0.3, -0.25) is 9.59 Å². The Kier molecular flexibility index (Phi) is 3.30. The first-order valence-corrected chi connectivity index (χ1v) is 7.56. The average molecular weight is 294 g/mol. The van der Waals surface area contributed by atoms with Gasteiger partial charge < -0.3 is 21.2 Å². The third-order valence-electron chi connectivity index (χ3n) is 5.26. The fourth-order valence-corrected chi connectivity index (χ4v) is 4.20. The second-order valence-electron chi connectivity index (χ2n) is 6.64. The van der Waals surface area contributed by atoms with Crippen molar-refractivity contribution in [1.29, 1.82) is 0 Å². The average Bonchev–Trinajstić information content (AvgIpc) is 2.84. The molecular weight excluding hydrogens is 272 g/mol. The molecule has 0 spiro atoms. The highest BCUT2D eigenvalue weighted by molar-refractivity contribution is 6.08. The van der Waals surface area contributed by atoms with Crippen molar-refractivity contribution >= 4 is 17.6 Å². The van der Waals surface area contributed by atoms with E-state index in [1.165, 1.54) is 0 Å². The molecule has 0 aromatic rings. The Labute approximate surface area is 123 Å². The van der Waals surface area contributed by atoms with Gasteiger partial charge in [0.15, 0.2) is 5.84 Å².